The normalized spacial score (nSPS) is 11.2. The van der Waals surface area contributed by atoms with E-state index in [1.165, 1.54) is 0 Å². The molecule has 5 nitrogen and oxygen atoms in total. The van der Waals surface area contributed by atoms with Crippen molar-refractivity contribution in [2.45, 2.75) is 6.92 Å². The van der Waals surface area contributed by atoms with Crippen molar-refractivity contribution in [1.82, 2.24) is 9.99 Å². The molecule has 25 heavy (non-hydrogen) atoms. The van der Waals surface area contributed by atoms with Crippen molar-refractivity contribution in [3.63, 3.8) is 0 Å². The maximum Gasteiger partial charge on any atom is 0.277 e. The van der Waals surface area contributed by atoms with E-state index in [-0.39, 0.29) is 12.5 Å². The van der Waals surface area contributed by atoms with Gasteiger partial charge in [0.15, 0.2) is 6.61 Å². The Morgan fingerprint density at radius 2 is 2.08 bits per heavy atom. The average molecular weight is 400 g/mol. The Morgan fingerprint density at radius 1 is 1.28 bits per heavy atom. The highest BCUT2D eigenvalue weighted by molar-refractivity contribution is 9.10. The monoisotopic (exact) mass is 399 g/mol. The molecule has 0 aliphatic rings. The first-order chi connectivity index (χ1) is 12.1. The molecule has 0 aliphatic heterocycles. The maximum absolute atomic E-state index is 11.9. The van der Waals surface area contributed by atoms with E-state index >= 15 is 0 Å². The van der Waals surface area contributed by atoms with Crippen molar-refractivity contribution in [1.29, 1.82) is 0 Å². The fraction of sp³-hybridized carbons (Fsp3) is 0.158. The van der Waals surface area contributed by atoms with Gasteiger partial charge in [0.2, 0.25) is 0 Å². The van der Waals surface area contributed by atoms with Crippen LogP contribution in [0.3, 0.4) is 0 Å². The van der Waals surface area contributed by atoms with Crippen LogP contribution in [0.25, 0.3) is 10.9 Å². The number of amides is 1. The van der Waals surface area contributed by atoms with Gasteiger partial charge in [-0.2, -0.15) is 5.10 Å². The predicted octanol–water partition coefficient (Wildman–Crippen LogP) is 3.78. The Kier molecular flexibility index (Phi) is 5.19. The van der Waals surface area contributed by atoms with Crippen LogP contribution >= 0.6 is 15.9 Å². The van der Waals surface area contributed by atoms with E-state index in [9.17, 15) is 4.79 Å². The first-order valence-electron chi connectivity index (χ1n) is 7.80. The summed E-state index contributed by atoms with van der Waals surface area (Å²) in [7, 11) is 2.01. The SMILES string of the molecule is Cc1c(/C=N\NC(=O)COc2cccc(Br)c2)c2ccccc2n1C. The van der Waals surface area contributed by atoms with Crippen LogP contribution in [0.1, 0.15) is 11.3 Å². The van der Waals surface area contributed by atoms with Crippen LogP contribution in [0.4, 0.5) is 0 Å². The standard InChI is InChI=1S/C19H18BrN3O2/c1-13-17(16-8-3-4-9-18(16)23(13)2)11-21-22-19(24)12-25-15-7-5-6-14(20)10-15/h3-11H,12H2,1-2H3,(H,22,24)/b21-11-. The summed E-state index contributed by atoms with van der Waals surface area (Å²) in [6.07, 6.45) is 1.68. The fourth-order valence-electron chi connectivity index (χ4n) is 2.62. The zero-order valence-electron chi connectivity index (χ0n) is 14.0. The van der Waals surface area contributed by atoms with Crippen molar-refractivity contribution in [3.05, 3.63) is 64.3 Å². The number of para-hydroxylation sites is 1. The van der Waals surface area contributed by atoms with Crippen LogP contribution in [0, 0.1) is 6.92 Å². The number of benzene rings is 2. The van der Waals surface area contributed by atoms with Crippen LogP contribution in [0.5, 0.6) is 5.75 Å². The molecule has 0 spiro atoms. The highest BCUT2D eigenvalue weighted by atomic mass is 79.9. The van der Waals surface area contributed by atoms with Gasteiger partial charge in [0.1, 0.15) is 5.75 Å². The van der Waals surface area contributed by atoms with E-state index in [4.69, 9.17) is 4.74 Å². The third-order valence-corrected chi connectivity index (χ3v) is 4.49. The summed E-state index contributed by atoms with van der Waals surface area (Å²) in [6, 6.07) is 15.4. The van der Waals surface area contributed by atoms with Gasteiger partial charge in [-0.1, -0.05) is 40.2 Å². The molecule has 1 heterocycles. The summed E-state index contributed by atoms with van der Waals surface area (Å²) < 4.78 is 8.43. The van der Waals surface area contributed by atoms with Gasteiger partial charge in [-0.15, -0.1) is 0 Å². The number of ether oxygens (including phenoxy) is 1. The molecule has 0 bridgehead atoms. The number of halogens is 1. The number of rotatable bonds is 5. The molecule has 128 valence electrons. The zero-order valence-corrected chi connectivity index (χ0v) is 15.6. The lowest BCUT2D eigenvalue weighted by Gasteiger charge is -2.05. The molecule has 0 radical (unpaired) electrons. The van der Waals surface area contributed by atoms with E-state index in [2.05, 4.69) is 37.1 Å². The summed E-state index contributed by atoms with van der Waals surface area (Å²) in [5, 5.41) is 5.17. The molecule has 0 saturated heterocycles. The molecule has 1 aromatic heterocycles. The largest absolute Gasteiger partial charge is 0.484 e. The number of aromatic nitrogens is 1. The number of hydrogen-bond donors (Lipinski definition) is 1. The lowest BCUT2D eigenvalue weighted by Crippen LogP contribution is -2.24. The number of fused-ring (bicyclic) bond motifs is 1. The molecule has 6 heteroatoms. The molecular weight excluding hydrogens is 382 g/mol. The van der Waals surface area contributed by atoms with Gasteiger partial charge in [-0.3, -0.25) is 4.79 Å². The van der Waals surface area contributed by atoms with Gasteiger partial charge in [-0.25, -0.2) is 5.43 Å². The highest BCUT2D eigenvalue weighted by Crippen LogP contribution is 2.23. The van der Waals surface area contributed by atoms with Gasteiger partial charge < -0.3 is 9.30 Å². The maximum atomic E-state index is 11.9. The van der Waals surface area contributed by atoms with Gasteiger partial charge in [0, 0.05) is 33.7 Å². The van der Waals surface area contributed by atoms with E-state index in [0.29, 0.717) is 5.75 Å². The molecule has 0 atom stereocenters. The van der Waals surface area contributed by atoms with Gasteiger partial charge >= 0.3 is 0 Å². The topological polar surface area (TPSA) is 55.6 Å². The van der Waals surface area contributed by atoms with Crippen molar-refractivity contribution in [3.8, 4) is 5.75 Å². The minimum atomic E-state index is -0.311. The number of nitrogens with one attached hydrogen (secondary N) is 1. The van der Waals surface area contributed by atoms with Crippen LogP contribution < -0.4 is 10.2 Å². The van der Waals surface area contributed by atoms with Gasteiger partial charge in [-0.05, 0) is 31.2 Å². The molecule has 0 saturated carbocycles. The third kappa shape index (κ3) is 3.91. The molecule has 1 N–H and O–H groups in total. The van der Waals surface area contributed by atoms with Crippen molar-refractivity contribution in [2.24, 2.45) is 12.1 Å². The first-order valence-corrected chi connectivity index (χ1v) is 8.60. The van der Waals surface area contributed by atoms with Gasteiger partial charge in [0.25, 0.3) is 5.91 Å². The minimum Gasteiger partial charge on any atom is -0.484 e. The molecule has 0 unspecified atom stereocenters. The number of carbonyl (C=O) groups excluding carboxylic acids is 1. The third-order valence-electron chi connectivity index (χ3n) is 4.00. The predicted molar refractivity (Wildman–Crippen MR) is 103 cm³/mol. The Morgan fingerprint density at radius 3 is 2.88 bits per heavy atom. The quantitative estimate of drug-likeness (QED) is 0.524. The number of nitrogens with zero attached hydrogens (tertiary/aromatic N) is 2. The second-order valence-corrected chi connectivity index (χ2v) is 6.53. The second-order valence-electron chi connectivity index (χ2n) is 5.61. The summed E-state index contributed by atoms with van der Waals surface area (Å²) in [6.45, 7) is 1.93. The molecule has 0 aliphatic carbocycles. The Labute approximate surface area is 154 Å². The summed E-state index contributed by atoms with van der Waals surface area (Å²) in [5.74, 6) is 0.313. The fourth-order valence-corrected chi connectivity index (χ4v) is 3.00. The van der Waals surface area contributed by atoms with Crippen LogP contribution in [-0.4, -0.2) is 23.3 Å². The molecule has 1 amide bonds. The molecule has 2 aromatic carbocycles. The first kappa shape index (κ1) is 17.2. The van der Waals surface area contributed by atoms with Crippen LogP contribution in [0.15, 0.2) is 58.1 Å². The molecule has 0 fully saturated rings. The highest BCUT2D eigenvalue weighted by Gasteiger charge is 2.09. The smallest absolute Gasteiger partial charge is 0.277 e. The second kappa shape index (κ2) is 7.53. The van der Waals surface area contributed by atoms with Crippen molar-refractivity contribution < 1.29 is 9.53 Å². The zero-order chi connectivity index (χ0) is 17.8. The van der Waals surface area contributed by atoms with Gasteiger partial charge in [0.05, 0.1) is 6.21 Å². The Hall–Kier alpha value is -2.60. The minimum absolute atomic E-state index is 0.0949. The molecule has 3 rings (SSSR count). The van der Waals surface area contributed by atoms with E-state index in [0.717, 1.165) is 26.6 Å². The van der Waals surface area contributed by atoms with Crippen LogP contribution in [-0.2, 0) is 11.8 Å². The van der Waals surface area contributed by atoms with E-state index in [1.54, 1.807) is 18.3 Å². The number of hydrogen-bond acceptors (Lipinski definition) is 3. The number of carbonyl (C=O) groups is 1. The lowest BCUT2D eigenvalue weighted by molar-refractivity contribution is -0.123. The number of hydrazone groups is 1. The van der Waals surface area contributed by atoms with Crippen molar-refractivity contribution in [2.75, 3.05) is 6.61 Å². The van der Waals surface area contributed by atoms with Crippen LogP contribution in [0.2, 0.25) is 0 Å². The molecule has 3 aromatic rings. The van der Waals surface area contributed by atoms with E-state index < -0.39 is 0 Å². The van der Waals surface area contributed by atoms with E-state index in [1.807, 2.05) is 44.3 Å². The Bertz CT molecular complexity index is 947. The summed E-state index contributed by atoms with van der Waals surface area (Å²) in [5.41, 5.74) is 5.71. The van der Waals surface area contributed by atoms with Crippen molar-refractivity contribution >= 4 is 39.0 Å². The summed E-state index contributed by atoms with van der Waals surface area (Å²) >= 11 is 3.36. The average Bonchev–Trinajstić information content (AvgIpc) is 2.85. The molecular formula is C19H18BrN3O2. The number of aryl methyl sites for hydroxylation is 1. The summed E-state index contributed by atoms with van der Waals surface area (Å²) in [4.78, 5) is 11.9. The Balaban J connectivity index is 1.63. The lowest BCUT2D eigenvalue weighted by atomic mass is 10.1.